The summed E-state index contributed by atoms with van der Waals surface area (Å²) in [5.41, 5.74) is 2.18. The molecule has 54 heavy (non-hydrogen) atoms. The molecule has 1 aliphatic heterocycles. The third-order valence-corrected chi connectivity index (χ3v) is 13.6. The van der Waals surface area contributed by atoms with Crippen molar-refractivity contribution < 1.29 is 24.0 Å². The molecule has 0 spiro atoms. The fourth-order valence-corrected chi connectivity index (χ4v) is 10.5. The highest BCUT2D eigenvalue weighted by Crippen LogP contribution is 2.65. The van der Waals surface area contributed by atoms with E-state index in [1.54, 1.807) is 11.0 Å². The number of likely N-dealkylation sites (tertiary alicyclic amines) is 1. The average molecular weight is 742 g/mol. The maximum Gasteiger partial charge on any atom is 0.315 e. The molecule has 0 aromatic heterocycles. The topological polar surface area (TPSA) is 137 Å². The van der Waals surface area contributed by atoms with E-state index in [0.29, 0.717) is 38.3 Å². The monoisotopic (exact) mass is 741 g/mol. The van der Waals surface area contributed by atoms with Gasteiger partial charge in [0.05, 0.1) is 6.04 Å². The Morgan fingerprint density at radius 2 is 1.56 bits per heavy atom. The summed E-state index contributed by atoms with van der Waals surface area (Å²) in [5, 5.41) is 11.7. The summed E-state index contributed by atoms with van der Waals surface area (Å²) in [5.74, 6) is -0.399. The molecule has 4 N–H and O–H groups in total. The van der Waals surface area contributed by atoms with E-state index in [4.69, 9.17) is 0 Å². The van der Waals surface area contributed by atoms with Crippen LogP contribution in [0.15, 0.2) is 49.6 Å². The van der Waals surface area contributed by atoms with Crippen LogP contribution >= 0.6 is 0 Å². The van der Waals surface area contributed by atoms with Gasteiger partial charge in [0.2, 0.25) is 17.6 Å². The number of allylic oxidation sites excluding steroid dienone is 1. The van der Waals surface area contributed by atoms with Crippen molar-refractivity contribution in [2.24, 2.45) is 40.9 Å². The number of ketones is 1. The number of amides is 5. The van der Waals surface area contributed by atoms with Crippen LogP contribution in [0.1, 0.15) is 102 Å². The van der Waals surface area contributed by atoms with Crippen molar-refractivity contribution in [3.8, 4) is 0 Å². The molecule has 7 atom stereocenters. The number of hydrogen-bond donors (Lipinski definition) is 4. The van der Waals surface area contributed by atoms with E-state index in [2.05, 4.69) is 60.4 Å². The molecule has 5 unspecified atom stereocenters. The third kappa shape index (κ3) is 9.11. The predicted molar refractivity (Wildman–Crippen MR) is 210 cm³/mol. The van der Waals surface area contributed by atoms with Gasteiger partial charge in [-0.3, -0.25) is 19.2 Å². The summed E-state index contributed by atoms with van der Waals surface area (Å²) in [6.45, 7) is 12.7. The largest absolute Gasteiger partial charge is 0.346 e. The smallest absolute Gasteiger partial charge is 0.315 e. The average Bonchev–Trinajstić information content (AvgIpc) is 3.52. The molecule has 4 fully saturated rings. The molecular formula is C44H63N5O5. The van der Waals surface area contributed by atoms with E-state index in [1.807, 2.05) is 12.1 Å². The molecule has 3 saturated carbocycles. The minimum Gasteiger partial charge on any atom is -0.346 e. The highest BCUT2D eigenvalue weighted by molar-refractivity contribution is 6.38. The van der Waals surface area contributed by atoms with Crippen molar-refractivity contribution in [3.05, 3.63) is 60.7 Å². The van der Waals surface area contributed by atoms with Gasteiger partial charge in [0.25, 0.3) is 5.91 Å². The van der Waals surface area contributed by atoms with E-state index in [9.17, 15) is 24.0 Å². The summed E-state index contributed by atoms with van der Waals surface area (Å²) in [7, 11) is 0. The zero-order chi connectivity index (χ0) is 38.4. The lowest BCUT2D eigenvalue weighted by Crippen LogP contribution is -2.60. The number of hydrogen-bond acceptors (Lipinski definition) is 5. The zero-order valence-corrected chi connectivity index (χ0v) is 32.6. The molecule has 5 amide bonds. The Kier molecular flexibility index (Phi) is 13.0. The van der Waals surface area contributed by atoms with Gasteiger partial charge < -0.3 is 26.2 Å². The van der Waals surface area contributed by atoms with Gasteiger partial charge in [-0.15, -0.1) is 13.2 Å². The molecule has 1 saturated heterocycles. The number of carbonyl (C=O) groups excluding carboxylic acids is 5. The number of nitrogens with one attached hydrogen (secondary N) is 4. The molecule has 1 aromatic rings. The van der Waals surface area contributed by atoms with Crippen LogP contribution in [0.5, 0.6) is 0 Å². The fraction of sp³-hybridized carbons (Fsp3) is 0.659. The van der Waals surface area contributed by atoms with Crippen LogP contribution in [-0.2, 0) is 32.0 Å². The van der Waals surface area contributed by atoms with E-state index in [-0.39, 0.29) is 48.1 Å². The van der Waals surface area contributed by atoms with Crippen LogP contribution in [0, 0.1) is 40.9 Å². The lowest BCUT2D eigenvalue weighted by atomic mass is 9.74. The molecule has 4 aliphatic carbocycles. The summed E-state index contributed by atoms with van der Waals surface area (Å²) < 4.78 is 0. The molecule has 1 aromatic carbocycles. The standard InChI is InChI=1S/C44H63N5O5/c1-5-7-20-35(39(50)41(52)45-21-6-2)47-40(51)38-36-34(44(36,3)4)27-49(38)42(53)37(33-24-31-18-11-12-19-32(31)25-33)48-43(54)46-26-30-17-13-16-29(23-30)22-28-14-9-8-10-15-28/h5-6,11-12,18-19,28-30,33-38H,1-2,7-10,13-17,20-27H2,3-4H3,(H,45,52)(H,47,51)(H2,46,48,54)/t29?,30?,34?,35?,36?,37-,38-/m0/s1. The second kappa shape index (κ2) is 17.7. The molecule has 10 heteroatoms. The Morgan fingerprint density at radius 1 is 0.870 bits per heavy atom. The SMILES string of the molecule is C=CCCC(NC(=O)[C@@H]1C2C(CN1C(=O)[C@@H](NC(=O)NCC1CCCC(CC3CCCCC3)C1)C1Cc3ccccc3C1)C2(C)C)C(=O)C(=O)NCC=C. The Morgan fingerprint density at radius 3 is 2.24 bits per heavy atom. The number of nitrogens with zero attached hydrogens (tertiary/aromatic N) is 1. The summed E-state index contributed by atoms with van der Waals surface area (Å²) in [4.78, 5) is 70.3. The summed E-state index contributed by atoms with van der Waals surface area (Å²) in [6, 6.07) is 5.10. The molecule has 6 rings (SSSR count). The third-order valence-electron chi connectivity index (χ3n) is 13.6. The van der Waals surface area contributed by atoms with E-state index in [0.717, 1.165) is 24.7 Å². The highest BCUT2D eigenvalue weighted by atomic mass is 16.2. The first-order valence-electron chi connectivity index (χ1n) is 20.8. The van der Waals surface area contributed by atoms with Crippen molar-refractivity contribution >= 4 is 29.5 Å². The Balaban J connectivity index is 1.15. The van der Waals surface area contributed by atoms with Gasteiger partial charge in [-0.1, -0.05) is 95.2 Å². The minimum absolute atomic E-state index is 0.102. The lowest BCUT2D eigenvalue weighted by Gasteiger charge is -2.35. The van der Waals surface area contributed by atoms with Gasteiger partial charge >= 0.3 is 6.03 Å². The van der Waals surface area contributed by atoms with Crippen LogP contribution in [-0.4, -0.2) is 72.2 Å². The number of Topliss-reactive ketones (excluding diaryl/α,β-unsaturated/α-hetero) is 1. The van der Waals surface area contributed by atoms with E-state index >= 15 is 0 Å². The normalized spacial score (nSPS) is 27.1. The van der Waals surface area contributed by atoms with Crippen LogP contribution in [0.2, 0.25) is 0 Å². The maximum atomic E-state index is 14.8. The van der Waals surface area contributed by atoms with Crippen molar-refractivity contribution in [2.75, 3.05) is 19.6 Å². The number of urea groups is 1. The van der Waals surface area contributed by atoms with Crippen LogP contribution < -0.4 is 21.3 Å². The Bertz CT molecular complexity index is 1540. The minimum atomic E-state index is -1.07. The first-order valence-corrected chi connectivity index (χ1v) is 20.8. The Labute approximate surface area is 322 Å². The van der Waals surface area contributed by atoms with Crippen LogP contribution in [0.25, 0.3) is 0 Å². The molecular weight excluding hydrogens is 679 g/mol. The zero-order valence-electron chi connectivity index (χ0n) is 32.6. The number of carbonyl (C=O) groups is 5. The number of benzene rings is 1. The van der Waals surface area contributed by atoms with Crippen molar-refractivity contribution in [3.63, 3.8) is 0 Å². The second-order valence-corrected chi connectivity index (χ2v) is 17.6. The number of piperidine rings is 1. The Hall–Kier alpha value is -3.95. The first-order chi connectivity index (χ1) is 26.0. The predicted octanol–water partition coefficient (Wildman–Crippen LogP) is 5.65. The molecule has 10 nitrogen and oxygen atoms in total. The van der Waals surface area contributed by atoms with Crippen molar-refractivity contribution in [2.45, 2.75) is 122 Å². The van der Waals surface area contributed by atoms with Crippen molar-refractivity contribution in [1.29, 1.82) is 0 Å². The van der Waals surface area contributed by atoms with Gasteiger partial charge in [0, 0.05) is 19.6 Å². The van der Waals surface area contributed by atoms with E-state index < -0.39 is 35.7 Å². The summed E-state index contributed by atoms with van der Waals surface area (Å²) >= 11 is 0. The fourth-order valence-electron chi connectivity index (χ4n) is 10.5. The van der Waals surface area contributed by atoms with Crippen LogP contribution in [0.3, 0.4) is 0 Å². The highest BCUT2D eigenvalue weighted by Gasteiger charge is 2.69. The molecule has 5 aliphatic rings. The van der Waals surface area contributed by atoms with Crippen molar-refractivity contribution in [1.82, 2.24) is 26.2 Å². The van der Waals surface area contributed by atoms with Gasteiger partial charge in [-0.05, 0) is 97.0 Å². The quantitative estimate of drug-likeness (QED) is 0.128. The second-order valence-electron chi connectivity index (χ2n) is 17.6. The van der Waals surface area contributed by atoms with Crippen LogP contribution in [0.4, 0.5) is 4.79 Å². The lowest BCUT2D eigenvalue weighted by molar-refractivity contribution is -0.144. The number of fused-ring (bicyclic) bond motifs is 2. The number of rotatable bonds is 16. The van der Waals surface area contributed by atoms with Gasteiger partial charge in [0.15, 0.2) is 0 Å². The first kappa shape index (κ1) is 39.7. The molecule has 1 heterocycles. The maximum absolute atomic E-state index is 14.8. The van der Waals surface area contributed by atoms with Gasteiger partial charge in [-0.25, -0.2) is 4.79 Å². The molecule has 0 bridgehead atoms. The van der Waals surface area contributed by atoms with Gasteiger partial charge in [-0.2, -0.15) is 0 Å². The molecule has 294 valence electrons. The van der Waals surface area contributed by atoms with E-state index in [1.165, 1.54) is 68.6 Å². The summed E-state index contributed by atoms with van der Waals surface area (Å²) in [6.07, 6.45) is 17.9. The molecule has 0 radical (unpaired) electrons. The van der Waals surface area contributed by atoms with Gasteiger partial charge in [0.1, 0.15) is 12.1 Å².